The van der Waals surface area contributed by atoms with Crippen LogP contribution >= 0.6 is 11.3 Å². The van der Waals surface area contributed by atoms with Crippen molar-refractivity contribution in [3.8, 4) is 0 Å². The molecule has 0 N–H and O–H groups in total. The molecule has 0 radical (unpaired) electrons. The summed E-state index contributed by atoms with van der Waals surface area (Å²) in [6, 6.07) is 4.88. The lowest BCUT2D eigenvalue weighted by molar-refractivity contribution is -0.116. The second kappa shape index (κ2) is 9.60. The van der Waals surface area contributed by atoms with Gasteiger partial charge in [-0.3, -0.25) is 19.1 Å². The Bertz CT molecular complexity index is 1220. The zero-order chi connectivity index (χ0) is 22.7. The minimum absolute atomic E-state index is 0.00308. The maximum atomic E-state index is 12.9. The number of benzene rings is 1. The molecule has 2 aromatic heterocycles. The van der Waals surface area contributed by atoms with Crippen LogP contribution in [0.25, 0.3) is 10.9 Å². The van der Waals surface area contributed by atoms with E-state index >= 15 is 0 Å². The van der Waals surface area contributed by atoms with Gasteiger partial charge in [0.05, 0.1) is 22.2 Å². The molecule has 3 aromatic rings. The molecule has 0 saturated heterocycles. The number of aryl methyl sites for hydroxylation is 1. The standard InChI is InChI=1S/C23H26N4O4S/c1-3-26(15(2)28)23-24-17(14-32-23)13-31-22(30)16-9-10-18-19(12-16)25-20-8-6-4-5-7-11-27(20)21(18)29/h9-10,12,14H,3-8,11,13H2,1-2H3. The third-order valence-corrected chi connectivity index (χ3v) is 6.53. The fraction of sp³-hybridized carbons (Fsp3) is 0.435. The molecule has 9 heteroatoms. The van der Waals surface area contributed by atoms with Crippen LogP contribution in [0, 0.1) is 0 Å². The third-order valence-electron chi connectivity index (χ3n) is 5.62. The predicted molar refractivity (Wildman–Crippen MR) is 123 cm³/mol. The molecule has 1 aliphatic rings. The van der Waals surface area contributed by atoms with Gasteiger partial charge in [0, 0.05) is 31.8 Å². The molecule has 0 fully saturated rings. The molecule has 1 aliphatic heterocycles. The van der Waals surface area contributed by atoms with E-state index in [-0.39, 0.29) is 18.1 Å². The van der Waals surface area contributed by atoms with Crippen LogP contribution in [0.4, 0.5) is 5.13 Å². The van der Waals surface area contributed by atoms with Gasteiger partial charge in [0.15, 0.2) is 5.13 Å². The van der Waals surface area contributed by atoms with Crippen molar-refractivity contribution in [3.05, 3.63) is 51.0 Å². The number of nitrogens with zero attached hydrogens (tertiary/aromatic N) is 4. The summed E-state index contributed by atoms with van der Waals surface area (Å²) in [5.41, 5.74) is 1.39. The number of carbonyl (C=O) groups excluding carboxylic acids is 2. The average molecular weight is 455 g/mol. The smallest absolute Gasteiger partial charge is 0.338 e. The van der Waals surface area contributed by atoms with Crippen LogP contribution in [0.15, 0.2) is 28.4 Å². The number of anilines is 1. The van der Waals surface area contributed by atoms with Gasteiger partial charge in [0.2, 0.25) is 5.91 Å². The number of ether oxygens (including phenoxy) is 1. The Balaban J connectivity index is 1.52. The summed E-state index contributed by atoms with van der Waals surface area (Å²) >= 11 is 1.33. The largest absolute Gasteiger partial charge is 0.456 e. The number of carbonyl (C=O) groups is 2. The molecule has 0 saturated carbocycles. The van der Waals surface area contributed by atoms with Gasteiger partial charge in [-0.15, -0.1) is 11.3 Å². The highest BCUT2D eigenvalue weighted by molar-refractivity contribution is 7.14. The maximum Gasteiger partial charge on any atom is 0.338 e. The summed E-state index contributed by atoms with van der Waals surface area (Å²) in [6.45, 7) is 4.59. The van der Waals surface area contributed by atoms with Gasteiger partial charge in [-0.2, -0.15) is 0 Å². The molecule has 168 valence electrons. The van der Waals surface area contributed by atoms with Crippen molar-refractivity contribution >= 4 is 39.2 Å². The highest BCUT2D eigenvalue weighted by Gasteiger charge is 2.17. The Labute approximate surface area is 189 Å². The number of hydrogen-bond donors (Lipinski definition) is 0. The molecule has 0 aliphatic carbocycles. The minimum atomic E-state index is -0.506. The summed E-state index contributed by atoms with van der Waals surface area (Å²) in [6.07, 6.45) is 5.02. The topological polar surface area (TPSA) is 94.4 Å². The third kappa shape index (κ3) is 4.57. The Morgan fingerprint density at radius 1 is 1.19 bits per heavy atom. The van der Waals surface area contributed by atoms with Crippen LogP contribution in [-0.4, -0.2) is 33.0 Å². The lowest BCUT2D eigenvalue weighted by Crippen LogP contribution is -2.27. The Hall–Kier alpha value is -3.07. The van der Waals surface area contributed by atoms with E-state index in [0.29, 0.717) is 40.4 Å². The van der Waals surface area contributed by atoms with Crippen LogP contribution in [0.5, 0.6) is 0 Å². The average Bonchev–Trinajstić information content (AvgIpc) is 3.22. The van der Waals surface area contributed by atoms with Crippen molar-refractivity contribution in [2.45, 2.75) is 59.1 Å². The van der Waals surface area contributed by atoms with Gasteiger partial charge in [0.25, 0.3) is 5.56 Å². The van der Waals surface area contributed by atoms with Gasteiger partial charge in [-0.1, -0.05) is 12.8 Å². The summed E-state index contributed by atoms with van der Waals surface area (Å²) in [7, 11) is 0. The van der Waals surface area contributed by atoms with Crippen molar-refractivity contribution in [2.75, 3.05) is 11.4 Å². The fourth-order valence-electron chi connectivity index (χ4n) is 3.92. The first kappa shape index (κ1) is 22.1. The van der Waals surface area contributed by atoms with E-state index in [1.165, 1.54) is 18.3 Å². The molecule has 0 spiro atoms. The fourth-order valence-corrected chi connectivity index (χ4v) is 4.84. The molecule has 0 atom stereocenters. The number of esters is 1. The van der Waals surface area contributed by atoms with Crippen LogP contribution < -0.4 is 10.5 Å². The van der Waals surface area contributed by atoms with Crippen LogP contribution in [0.1, 0.15) is 61.4 Å². The number of rotatable bonds is 5. The van der Waals surface area contributed by atoms with Gasteiger partial charge in [0.1, 0.15) is 12.4 Å². The van der Waals surface area contributed by atoms with E-state index < -0.39 is 5.97 Å². The zero-order valence-electron chi connectivity index (χ0n) is 18.3. The van der Waals surface area contributed by atoms with E-state index in [0.717, 1.165) is 37.9 Å². The number of hydrogen-bond acceptors (Lipinski definition) is 7. The lowest BCUT2D eigenvalue weighted by Gasteiger charge is -2.16. The van der Waals surface area contributed by atoms with Crippen LogP contribution in [0.3, 0.4) is 0 Å². The highest BCUT2D eigenvalue weighted by atomic mass is 32.1. The Morgan fingerprint density at radius 3 is 2.78 bits per heavy atom. The van der Waals surface area contributed by atoms with Crippen LogP contribution in [-0.2, 0) is 29.1 Å². The molecule has 0 bridgehead atoms. The van der Waals surface area contributed by atoms with Gasteiger partial charge in [-0.25, -0.2) is 14.8 Å². The van der Waals surface area contributed by atoms with Crippen molar-refractivity contribution in [3.63, 3.8) is 0 Å². The summed E-state index contributed by atoms with van der Waals surface area (Å²) in [5.74, 6) is 0.196. The lowest BCUT2D eigenvalue weighted by atomic mass is 10.1. The van der Waals surface area contributed by atoms with Gasteiger partial charge < -0.3 is 4.74 Å². The molecular formula is C23H26N4O4S. The molecule has 0 unspecified atom stereocenters. The van der Waals surface area contributed by atoms with Gasteiger partial charge in [-0.05, 0) is 38.0 Å². The molecule has 3 heterocycles. The van der Waals surface area contributed by atoms with Crippen molar-refractivity contribution in [2.24, 2.45) is 0 Å². The second-order valence-electron chi connectivity index (χ2n) is 7.84. The number of fused-ring (bicyclic) bond motifs is 2. The van der Waals surface area contributed by atoms with Crippen molar-refractivity contribution in [1.29, 1.82) is 0 Å². The molecule has 1 amide bonds. The van der Waals surface area contributed by atoms with Crippen molar-refractivity contribution in [1.82, 2.24) is 14.5 Å². The Kier molecular flexibility index (Phi) is 6.64. The van der Waals surface area contributed by atoms with E-state index in [4.69, 9.17) is 9.72 Å². The normalized spacial score (nSPS) is 13.8. The predicted octanol–water partition coefficient (Wildman–Crippen LogP) is 3.70. The molecule has 8 nitrogen and oxygen atoms in total. The second-order valence-corrected chi connectivity index (χ2v) is 8.68. The first-order valence-electron chi connectivity index (χ1n) is 10.9. The monoisotopic (exact) mass is 454 g/mol. The molecule has 1 aromatic carbocycles. The summed E-state index contributed by atoms with van der Waals surface area (Å²) in [4.78, 5) is 47.9. The van der Waals surface area contributed by atoms with E-state index in [1.54, 1.807) is 33.0 Å². The minimum Gasteiger partial charge on any atom is -0.456 e. The van der Waals surface area contributed by atoms with E-state index in [1.807, 2.05) is 6.92 Å². The Morgan fingerprint density at radius 2 is 2.00 bits per heavy atom. The zero-order valence-corrected chi connectivity index (χ0v) is 19.1. The van der Waals surface area contributed by atoms with E-state index in [2.05, 4.69) is 4.98 Å². The molecular weight excluding hydrogens is 428 g/mol. The number of amides is 1. The van der Waals surface area contributed by atoms with Crippen molar-refractivity contribution < 1.29 is 14.3 Å². The van der Waals surface area contributed by atoms with Crippen LogP contribution in [0.2, 0.25) is 0 Å². The molecule has 4 rings (SSSR count). The van der Waals surface area contributed by atoms with Gasteiger partial charge >= 0.3 is 5.97 Å². The molecule has 32 heavy (non-hydrogen) atoms. The number of aromatic nitrogens is 3. The first-order valence-corrected chi connectivity index (χ1v) is 11.8. The summed E-state index contributed by atoms with van der Waals surface area (Å²) < 4.78 is 7.20. The first-order chi connectivity index (χ1) is 15.5. The number of thiazole rings is 1. The summed E-state index contributed by atoms with van der Waals surface area (Å²) in [5, 5.41) is 2.87. The van der Waals surface area contributed by atoms with E-state index in [9.17, 15) is 14.4 Å². The maximum absolute atomic E-state index is 12.9. The quantitative estimate of drug-likeness (QED) is 0.546. The SMILES string of the molecule is CCN(C(C)=O)c1nc(COC(=O)c2ccc3c(=O)n4c(nc3c2)CCCCCC4)cs1. The highest BCUT2D eigenvalue weighted by Crippen LogP contribution is 2.22.